The van der Waals surface area contributed by atoms with E-state index in [0.717, 1.165) is 21.4 Å². The van der Waals surface area contributed by atoms with Gasteiger partial charge in [0.2, 0.25) is 0 Å². The monoisotopic (exact) mass is 997 g/mol. The van der Waals surface area contributed by atoms with Gasteiger partial charge in [0.05, 0.1) is 11.1 Å². The first-order valence-electron chi connectivity index (χ1n) is 5.93. The van der Waals surface area contributed by atoms with E-state index in [0.29, 0.717) is 11.1 Å². The molecule has 0 saturated heterocycles. The van der Waals surface area contributed by atoms with E-state index in [2.05, 4.69) is 136 Å². The zero-order valence-corrected chi connectivity index (χ0v) is 24.2. The molecule has 0 bridgehead atoms. The van der Waals surface area contributed by atoms with E-state index in [-0.39, 0.29) is 0 Å². The van der Waals surface area contributed by atoms with Crippen molar-refractivity contribution in [3.05, 3.63) is 56.8 Å². The van der Waals surface area contributed by atoms with Crippen LogP contribution in [-0.2, 0) is 9.78 Å². The molecule has 0 aliphatic rings. The van der Waals surface area contributed by atoms with E-state index >= 15 is 0 Å². The molecule has 0 N–H and O–H groups in total. The Bertz CT molecular complexity index is 767. The molecule has 4 nitrogen and oxygen atoms in total. The molecule has 0 radical (unpaired) electrons. The Morgan fingerprint density at radius 1 is 0.625 bits per heavy atom. The highest BCUT2D eigenvalue weighted by Crippen LogP contribution is 2.25. The molecule has 2 aromatic rings. The molecule has 0 aliphatic carbocycles. The number of hydrogen-bond donors (Lipinski definition) is 0. The molecule has 0 heterocycles. The van der Waals surface area contributed by atoms with Gasteiger partial charge in [0, 0.05) is 21.4 Å². The Labute approximate surface area is 219 Å². The van der Waals surface area contributed by atoms with Crippen molar-refractivity contribution in [2.75, 3.05) is 0 Å². The van der Waals surface area contributed by atoms with Crippen LogP contribution in [0.1, 0.15) is 20.7 Å². The minimum Gasteiger partial charge on any atom is -0.241 e. The minimum absolute atomic E-state index is 0.367. The summed E-state index contributed by atoms with van der Waals surface area (Å²) in [6.07, 6.45) is 0. The van der Waals surface area contributed by atoms with Crippen molar-refractivity contribution in [1.29, 1.82) is 0 Å². The highest BCUT2D eigenvalue weighted by atomic mass is 127. The zero-order chi connectivity index (χ0) is 18.0. The van der Waals surface area contributed by atoms with Crippen LogP contribution in [0.3, 0.4) is 0 Å². The normalized spacial score (nSPS) is 10.4. The molecule has 2 aromatic carbocycles. The van der Waals surface area contributed by atoms with Crippen molar-refractivity contribution in [3.63, 3.8) is 0 Å². The molecule has 0 aromatic heterocycles. The quantitative estimate of drug-likeness (QED) is 0.155. The molecule has 0 saturated carbocycles. The molecule has 126 valence electrons. The second-order valence-electron chi connectivity index (χ2n) is 4.24. The molecular weight excluding hydrogens is 994 g/mol. The lowest BCUT2D eigenvalue weighted by Crippen LogP contribution is -2.15. The fourth-order valence-electron chi connectivity index (χ4n) is 1.57. The average molecular weight is 998 g/mol. The summed E-state index contributed by atoms with van der Waals surface area (Å²) in [5.41, 5.74) is 0.734. The molecule has 0 amide bonds. The predicted octanol–water partition coefficient (Wildman–Crippen LogP) is 6.24. The number of carbonyl (C=O) groups is 2. The van der Waals surface area contributed by atoms with Crippen LogP contribution in [-0.4, -0.2) is 11.9 Å². The third-order valence-electron chi connectivity index (χ3n) is 2.62. The summed E-state index contributed by atoms with van der Waals surface area (Å²) in [5.74, 6) is -1.39. The van der Waals surface area contributed by atoms with E-state index in [1.54, 1.807) is 12.1 Å². The lowest BCUT2D eigenvalue weighted by atomic mass is 10.2. The van der Waals surface area contributed by atoms with Crippen molar-refractivity contribution in [2.24, 2.45) is 0 Å². The Hall–Kier alpha value is 1.76. The maximum atomic E-state index is 12.2. The topological polar surface area (TPSA) is 52.6 Å². The molecule has 0 aliphatic heterocycles. The molecule has 24 heavy (non-hydrogen) atoms. The fraction of sp³-hybridized carbons (Fsp3) is 0. The number of benzene rings is 2. The second-order valence-corrected chi connectivity index (χ2v) is 11.2. The number of rotatable bonds is 2. The maximum absolute atomic E-state index is 12.2. The molecular formula is C14H4I6O4. The van der Waals surface area contributed by atoms with Crippen LogP contribution in [0.15, 0.2) is 24.3 Å². The van der Waals surface area contributed by atoms with Crippen molar-refractivity contribution < 1.29 is 19.4 Å². The van der Waals surface area contributed by atoms with Crippen LogP contribution < -0.4 is 0 Å². The van der Waals surface area contributed by atoms with E-state index in [1.807, 2.05) is 12.1 Å². The summed E-state index contributed by atoms with van der Waals surface area (Å²) in [5, 5.41) is 0. The summed E-state index contributed by atoms with van der Waals surface area (Å²) in [6.45, 7) is 0. The van der Waals surface area contributed by atoms with Gasteiger partial charge in [-0.3, -0.25) is 0 Å². The molecule has 10 heteroatoms. The number of carbonyl (C=O) groups excluding carboxylic acids is 2. The molecule has 2 rings (SSSR count). The standard InChI is InChI=1S/C14H4I6O4/c15-5-1-7(11(19)9(17)3-5)13(21)23-24-14(22)8-2-6(16)4-10(18)12(8)20/h1-4H. The van der Waals surface area contributed by atoms with Gasteiger partial charge in [0.15, 0.2) is 0 Å². The van der Waals surface area contributed by atoms with Crippen molar-refractivity contribution >= 4 is 147 Å². The Balaban J connectivity index is 2.17. The third-order valence-corrected chi connectivity index (χ3v) is 9.95. The molecule has 0 atom stereocenters. The first-order chi connectivity index (χ1) is 11.2. The Morgan fingerprint density at radius 2 is 0.958 bits per heavy atom. The SMILES string of the molecule is O=C(OOC(=O)c1cc(I)cc(I)c1I)c1cc(I)cc(I)c1I. The van der Waals surface area contributed by atoms with Gasteiger partial charge >= 0.3 is 11.9 Å². The van der Waals surface area contributed by atoms with Gasteiger partial charge in [-0.1, -0.05) is 0 Å². The summed E-state index contributed by atoms with van der Waals surface area (Å²) in [7, 11) is 0. The molecule has 0 unspecified atom stereocenters. The predicted molar refractivity (Wildman–Crippen MR) is 140 cm³/mol. The van der Waals surface area contributed by atoms with E-state index in [1.165, 1.54) is 0 Å². The van der Waals surface area contributed by atoms with Crippen LogP contribution in [0.4, 0.5) is 0 Å². The van der Waals surface area contributed by atoms with E-state index in [9.17, 15) is 9.59 Å². The Kier molecular flexibility index (Phi) is 9.01. The number of halogens is 6. The first kappa shape index (κ1) is 22.1. The largest absolute Gasteiger partial charge is 0.387 e. The molecule has 0 spiro atoms. The van der Waals surface area contributed by atoms with Gasteiger partial charge in [-0.05, 0) is 160 Å². The third kappa shape index (κ3) is 5.63. The average Bonchev–Trinajstić information content (AvgIpc) is 2.51. The van der Waals surface area contributed by atoms with Gasteiger partial charge in [-0.2, -0.15) is 0 Å². The van der Waals surface area contributed by atoms with Gasteiger partial charge in [-0.25, -0.2) is 19.4 Å². The van der Waals surface area contributed by atoms with Crippen LogP contribution in [0, 0.1) is 21.4 Å². The van der Waals surface area contributed by atoms with Crippen LogP contribution in [0.5, 0.6) is 0 Å². The highest BCUT2D eigenvalue weighted by Gasteiger charge is 2.21. The van der Waals surface area contributed by atoms with Crippen LogP contribution in [0.25, 0.3) is 0 Å². The van der Waals surface area contributed by atoms with Crippen molar-refractivity contribution in [2.45, 2.75) is 0 Å². The van der Waals surface area contributed by atoms with Gasteiger partial charge in [0.1, 0.15) is 0 Å². The first-order valence-corrected chi connectivity index (χ1v) is 12.4. The lowest BCUT2D eigenvalue weighted by molar-refractivity contribution is -0.187. The second kappa shape index (κ2) is 9.80. The van der Waals surface area contributed by atoms with Crippen LogP contribution in [0.2, 0.25) is 0 Å². The van der Waals surface area contributed by atoms with Crippen molar-refractivity contribution in [3.8, 4) is 0 Å². The van der Waals surface area contributed by atoms with E-state index < -0.39 is 11.9 Å². The highest BCUT2D eigenvalue weighted by molar-refractivity contribution is 14.1. The molecule has 0 fully saturated rings. The van der Waals surface area contributed by atoms with Gasteiger partial charge in [-0.15, -0.1) is 0 Å². The zero-order valence-electron chi connectivity index (χ0n) is 11.2. The summed E-state index contributed by atoms with van der Waals surface area (Å²) in [4.78, 5) is 33.9. The van der Waals surface area contributed by atoms with E-state index in [4.69, 9.17) is 9.78 Å². The Morgan fingerprint density at radius 3 is 1.29 bits per heavy atom. The lowest BCUT2D eigenvalue weighted by Gasteiger charge is -2.08. The van der Waals surface area contributed by atoms with Crippen LogP contribution >= 0.6 is 136 Å². The fourth-order valence-corrected chi connectivity index (χ4v) is 6.33. The minimum atomic E-state index is -0.695. The summed E-state index contributed by atoms with van der Waals surface area (Å²) in [6, 6.07) is 7.28. The smallest absolute Gasteiger partial charge is 0.241 e. The van der Waals surface area contributed by atoms with Crippen molar-refractivity contribution in [1.82, 2.24) is 0 Å². The van der Waals surface area contributed by atoms with Gasteiger partial charge < -0.3 is 0 Å². The maximum Gasteiger partial charge on any atom is 0.387 e. The van der Waals surface area contributed by atoms with Gasteiger partial charge in [0.25, 0.3) is 0 Å². The summed E-state index contributed by atoms with van der Waals surface area (Å²) < 4.78 is 5.18. The number of hydrogen-bond acceptors (Lipinski definition) is 4. The summed E-state index contributed by atoms with van der Waals surface area (Å²) >= 11 is 12.6.